The van der Waals surface area contributed by atoms with E-state index in [0.29, 0.717) is 48.8 Å². The lowest BCUT2D eigenvalue weighted by atomic mass is 10.1. The molecule has 0 spiro atoms. The van der Waals surface area contributed by atoms with Crippen LogP contribution in [0.25, 0.3) is 11.3 Å². The van der Waals surface area contributed by atoms with Gasteiger partial charge in [0, 0.05) is 24.8 Å². The Morgan fingerprint density at radius 1 is 1.23 bits per heavy atom. The van der Waals surface area contributed by atoms with Gasteiger partial charge in [0.25, 0.3) is 5.91 Å². The van der Waals surface area contributed by atoms with Crippen LogP contribution in [0.3, 0.4) is 0 Å². The summed E-state index contributed by atoms with van der Waals surface area (Å²) < 4.78 is 24.5. The highest BCUT2D eigenvalue weighted by atomic mass is 19.1. The molecular weight excluding hydrogens is 385 g/mol. The Kier molecular flexibility index (Phi) is 6.11. The summed E-state index contributed by atoms with van der Waals surface area (Å²) in [6, 6.07) is 13.6. The lowest BCUT2D eigenvalue weighted by molar-refractivity contribution is -0.0248. The van der Waals surface area contributed by atoms with E-state index in [1.807, 2.05) is 24.3 Å². The Labute approximate surface area is 174 Å². The predicted molar refractivity (Wildman–Crippen MR) is 109 cm³/mol. The van der Waals surface area contributed by atoms with E-state index in [9.17, 15) is 9.18 Å². The minimum absolute atomic E-state index is 0.0542. The lowest BCUT2D eigenvalue weighted by Gasteiger charge is -2.32. The highest BCUT2D eigenvalue weighted by molar-refractivity contribution is 5.94. The standard InChI is InChI=1S/C23H22FN3O3/c1-29-15-16-5-7-17(8-6-16)23(28)27-9-10-30-22(14-27)21-13-25-12-20(26-21)18-3-2-4-19(24)11-18/h2-8,11-13,22H,9-10,14-15H2,1H3/t22-/m1/s1. The molecule has 0 unspecified atom stereocenters. The Morgan fingerprint density at radius 3 is 2.83 bits per heavy atom. The van der Waals surface area contributed by atoms with Gasteiger partial charge in [0.15, 0.2) is 0 Å². The predicted octanol–water partition coefficient (Wildman–Crippen LogP) is 3.64. The lowest BCUT2D eigenvalue weighted by Crippen LogP contribution is -2.42. The number of carbonyl (C=O) groups is 1. The van der Waals surface area contributed by atoms with Crippen molar-refractivity contribution in [2.45, 2.75) is 12.7 Å². The van der Waals surface area contributed by atoms with Crippen LogP contribution >= 0.6 is 0 Å². The molecule has 30 heavy (non-hydrogen) atoms. The fraction of sp³-hybridized carbons (Fsp3) is 0.261. The summed E-state index contributed by atoms with van der Waals surface area (Å²) >= 11 is 0. The summed E-state index contributed by atoms with van der Waals surface area (Å²) in [6.07, 6.45) is 2.82. The summed E-state index contributed by atoms with van der Waals surface area (Å²) in [5.41, 5.74) is 3.45. The van der Waals surface area contributed by atoms with Gasteiger partial charge in [0.1, 0.15) is 11.9 Å². The number of hydrogen-bond donors (Lipinski definition) is 0. The number of aromatic nitrogens is 2. The van der Waals surface area contributed by atoms with E-state index in [2.05, 4.69) is 9.97 Å². The Bertz CT molecular complexity index is 1030. The molecule has 7 heteroatoms. The van der Waals surface area contributed by atoms with Crippen LogP contribution in [0.1, 0.15) is 27.7 Å². The van der Waals surface area contributed by atoms with E-state index < -0.39 is 6.10 Å². The molecule has 3 aromatic rings. The topological polar surface area (TPSA) is 64.5 Å². The van der Waals surface area contributed by atoms with Gasteiger partial charge < -0.3 is 14.4 Å². The molecule has 154 valence electrons. The zero-order chi connectivity index (χ0) is 20.9. The van der Waals surface area contributed by atoms with Gasteiger partial charge in [0.2, 0.25) is 0 Å². The summed E-state index contributed by atoms with van der Waals surface area (Å²) in [5, 5.41) is 0. The Hall–Kier alpha value is -3.16. The summed E-state index contributed by atoms with van der Waals surface area (Å²) in [4.78, 5) is 23.5. The van der Waals surface area contributed by atoms with Crippen LogP contribution in [0.2, 0.25) is 0 Å². The number of methoxy groups -OCH3 is 1. The first-order chi connectivity index (χ1) is 14.6. The zero-order valence-corrected chi connectivity index (χ0v) is 16.6. The van der Waals surface area contributed by atoms with Crippen LogP contribution < -0.4 is 0 Å². The zero-order valence-electron chi connectivity index (χ0n) is 16.6. The fourth-order valence-electron chi connectivity index (χ4n) is 3.43. The van der Waals surface area contributed by atoms with Crippen molar-refractivity contribution >= 4 is 5.91 Å². The number of halogens is 1. The molecule has 1 aromatic heterocycles. The SMILES string of the molecule is COCc1ccc(C(=O)N2CCO[C@@H](c3cncc(-c4cccc(F)c4)n3)C2)cc1. The Morgan fingerprint density at radius 2 is 2.07 bits per heavy atom. The quantitative estimate of drug-likeness (QED) is 0.646. The highest BCUT2D eigenvalue weighted by Crippen LogP contribution is 2.24. The number of rotatable bonds is 5. The van der Waals surface area contributed by atoms with Crippen molar-refractivity contribution in [1.82, 2.24) is 14.9 Å². The number of amides is 1. The first-order valence-electron chi connectivity index (χ1n) is 9.70. The highest BCUT2D eigenvalue weighted by Gasteiger charge is 2.27. The van der Waals surface area contributed by atoms with E-state index in [1.54, 1.807) is 36.5 Å². The number of nitrogens with zero attached hydrogens (tertiary/aromatic N) is 3. The molecule has 0 bridgehead atoms. The third-order valence-electron chi connectivity index (χ3n) is 4.97. The van der Waals surface area contributed by atoms with Gasteiger partial charge in [-0.05, 0) is 29.8 Å². The molecular formula is C23H22FN3O3. The molecule has 0 N–H and O–H groups in total. The average Bonchev–Trinajstić information content (AvgIpc) is 2.79. The van der Waals surface area contributed by atoms with Gasteiger partial charge in [-0.3, -0.25) is 9.78 Å². The molecule has 2 aromatic carbocycles. The second-order valence-corrected chi connectivity index (χ2v) is 7.08. The van der Waals surface area contributed by atoms with Crippen LogP contribution in [-0.4, -0.2) is 47.6 Å². The van der Waals surface area contributed by atoms with Crippen LogP contribution in [-0.2, 0) is 16.1 Å². The number of benzene rings is 2. The van der Waals surface area contributed by atoms with Crippen molar-refractivity contribution in [2.75, 3.05) is 26.8 Å². The monoisotopic (exact) mass is 407 g/mol. The molecule has 6 nitrogen and oxygen atoms in total. The summed E-state index contributed by atoms with van der Waals surface area (Å²) in [5.74, 6) is -0.386. The first kappa shape index (κ1) is 20.1. The maximum absolute atomic E-state index is 13.6. The number of hydrogen-bond acceptors (Lipinski definition) is 5. The minimum atomic E-state index is -0.392. The van der Waals surface area contributed by atoms with E-state index in [4.69, 9.17) is 9.47 Å². The van der Waals surface area contributed by atoms with Gasteiger partial charge in [-0.1, -0.05) is 24.3 Å². The van der Waals surface area contributed by atoms with Crippen LogP contribution in [0.15, 0.2) is 60.9 Å². The smallest absolute Gasteiger partial charge is 0.254 e. The molecule has 1 aliphatic rings. The molecule has 4 rings (SSSR count). The first-order valence-corrected chi connectivity index (χ1v) is 9.70. The minimum Gasteiger partial charge on any atom is -0.380 e. The van der Waals surface area contributed by atoms with Crippen molar-refractivity contribution < 1.29 is 18.7 Å². The van der Waals surface area contributed by atoms with Crippen molar-refractivity contribution in [3.8, 4) is 11.3 Å². The van der Waals surface area contributed by atoms with Gasteiger partial charge in [-0.15, -0.1) is 0 Å². The van der Waals surface area contributed by atoms with Crippen LogP contribution in [0.4, 0.5) is 4.39 Å². The molecule has 1 aliphatic heterocycles. The normalized spacial score (nSPS) is 16.5. The maximum atomic E-state index is 13.6. The maximum Gasteiger partial charge on any atom is 0.254 e. The molecule has 2 heterocycles. The van der Waals surface area contributed by atoms with Crippen molar-refractivity contribution in [2.24, 2.45) is 0 Å². The molecule has 1 amide bonds. The molecule has 0 radical (unpaired) electrons. The molecule has 1 atom stereocenters. The number of ether oxygens (including phenoxy) is 2. The molecule has 1 fully saturated rings. The van der Waals surface area contributed by atoms with E-state index in [1.165, 1.54) is 12.1 Å². The van der Waals surface area contributed by atoms with E-state index in [0.717, 1.165) is 5.56 Å². The van der Waals surface area contributed by atoms with Gasteiger partial charge in [0.05, 0.1) is 43.5 Å². The van der Waals surface area contributed by atoms with Crippen molar-refractivity contribution in [3.05, 3.63) is 83.6 Å². The van der Waals surface area contributed by atoms with Gasteiger partial charge in [-0.25, -0.2) is 9.37 Å². The average molecular weight is 407 g/mol. The number of carbonyl (C=O) groups excluding carboxylic acids is 1. The Balaban J connectivity index is 1.50. The molecule has 1 saturated heterocycles. The fourth-order valence-corrected chi connectivity index (χ4v) is 3.43. The third kappa shape index (κ3) is 4.53. The third-order valence-corrected chi connectivity index (χ3v) is 4.97. The van der Waals surface area contributed by atoms with Gasteiger partial charge in [-0.2, -0.15) is 0 Å². The van der Waals surface area contributed by atoms with Crippen molar-refractivity contribution in [1.29, 1.82) is 0 Å². The summed E-state index contributed by atoms with van der Waals surface area (Å²) in [7, 11) is 1.64. The second-order valence-electron chi connectivity index (χ2n) is 7.08. The number of morpholine rings is 1. The summed E-state index contributed by atoms with van der Waals surface area (Å²) in [6.45, 7) is 1.80. The largest absolute Gasteiger partial charge is 0.380 e. The second kappa shape index (κ2) is 9.11. The van der Waals surface area contributed by atoms with E-state index >= 15 is 0 Å². The molecule has 0 aliphatic carbocycles. The molecule has 0 saturated carbocycles. The van der Waals surface area contributed by atoms with Crippen LogP contribution in [0, 0.1) is 5.82 Å². The van der Waals surface area contributed by atoms with Crippen molar-refractivity contribution in [3.63, 3.8) is 0 Å². The van der Waals surface area contributed by atoms with E-state index in [-0.39, 0.29) is 11.7 Å². The van der Waals surface area contributed by atoms with Gasteiger partial charge >= 0.3 is 0 Å². The van der Waals surface area contributed by atoms with Crippen LogP contribution in [0.5, 0.6) is 0 Å².